The van der Waals surface area contributed by atoms with Crippen molar-refractivity contribution in [1.82, 2.24) is 5.32 Å². The van der Waals surface area contributed by atoms with E-state index in [0.29, 0.717) is 0 Å². The topological polar surface area (TPSA) is 240 Å². The van der Waals surface area contributed by atoms with E-state index in [1.165, 1.54) is 6.07 Å². The molecule has 8 N–H and O–H groups in total. The van der Waals surface area contributed by atoms with Gasteiger partial charge < -0.3 is 45.8 Å². The van der Waals surface area contributed by atoms with Crippen molar-refractivity contribution in [1.29, 1.82) is 0 Å². The average Bonchev–Trinajstić information content (AvgIpc) is 2.83. The van der Waals surface area contributed by atoms with Crippen molar-refractivity contribution >= 4 is 85.3 Å². The van der Waals surface area contributed by atoms with Crippen LogP contribution < -0.4 is 5.32 Å². The first-order valence-corrected chi connectivity index (χ1v) is 13.7. The molecule has 14 nitrogen and oxygen atoms in total. The molecule has 1 heterocycles. The van der Waals surface area contributed by atoms with Crippen molar-refractivity contribution in [2.45, 2.75) is 36.9 Å². The number of nitro benzene ring substituents is 1. The van der Waals surface area contributed by atoms with Gasteiger partial charge in [-0.1, -0.05) is 6.07 Å². The third kappa shape index (κ3) is 5.90. The number of carbonyl (C=O) groups is 2. The van der Waals surface area contributed by atoms with Gasteiger partial charge in [0.15, 0.2) is 12.6 Å². The van der Waals surface area contributed by atoms with E-state index >= 15 is 0 Å². The molecule has 1 fully saturated rings. The monoisotopic (exact) mass is 872 g/mol. The minimum Gasteiger partial charge on any atom is -0.478 e. The van der Waals surface area contributed by atoms with Crippen LogP contribution in [0, 0.1) is 20.8 Å². The average molecular weight is 872 g/mol. The van der Waals surface area contributed by atoms with Gasteiger partial charge >= 0.3 is 5.97 Å². The van der Waals surface area contributed by atoms with Crippen LogP contribution in [0.1, 0.15) is 32.6 Å². The summed E-state index contributed by atoms with van der Waals surface area (Å²) in [7, 11) is 0. The maximum Gasteiger partial charge on any atom is 0.337 e. The fraction of sp³-hybridized carbons (Fsp3) is 0.333. The summed E-state index contributed by atoms with van der Waals surface area (Å²) in [5.41, 5.74) is -1.30. The fourth-order valence-electron chi connectivity index (χ4n) is 3.86. The number of hydrogen-bond acceptors (Lipinski definition) is 11. The number of hydrogen-bond donors (Lipinski definition) is 8. The number of halogens is 3. The summed E-state index contributed by atoms with van der Waals surface area (Å²) in [6, 6.07) is 1.76. The number of rotatable bonds is 7. The Bertz CT molecular complexity index is 1290. The third-order valence-corrected chi connectivity index (χ3v) is 9.07. The molecule has 5 unspecified atom stereocenters. The summed E-state index contributed by atoms with van der Waals surface area (Å²) in [6.07, 6.45) is -8.65. The zero-order chi connectivity index (χ0) is 28.6. The van der Waals surface area contributed by atoms with E-state index in [0.717, 1.165) is 12.1 Å². The van der Waals surface area contributed by atoms with Crippen LogP contribution >= 0.6 is 67.8 Å². The molecule has 1 aliphatic rings. The Morgan fingerprint density at radius 1 is 1.08 bits per heavy atom. The molecule has 2 aromatic rings. The van der Waals surface area contributed by atoms with Crippen LogP contribution in [0.25, 0.3) is 11.1 Å². The Morgan fingerprint density at radius 3 is 2.24 bits per heavy atom. The highest BCUT2D eigenvalue weighted by Gasteiger charge is 2.44. The quantitative estimate of drug-likeness (QED) is 0.0811. The Balaban J connectivity index is 2.09. The first-order chi connectivity index (χ1) is 17.7. The molecule has 0 aliphatic carbocycles. The number of aliphatic hydroxyl groups excluding tert-OH is 5. The van der Waals surface area contributed by atoms with E-state index in [1.54, 1.807) is 67.8 Å². The van der Waals surface area contributed by atoms with E-state index in [-0.39, 0.29) is 33.0 Å². The van der Waals surface area contributed by atoms with E-state index in [4.69, 9.17) is 4.74 Å². The van der Waals surface area contributed by atoms with Crippen molar-refractivity contribution < 1.29 is 55.0 Å². The zero-order valence-electron chi connectivity index (χ0n) is 18.7. The van der Waals surface area contributed by atoms with Gasteiger partial charge in [0.25, 0.3) is 11.6 Å². The van der Waals surface area contributed by atoms with Crippen LogP contribution in [0.3, 0.4) is 0 Å². The molecule has 38 heavy (non-hydrogen) atoms. The van der Waals surface area contributed by atoms with Gasteiger partial charge in [-0.05, 0) is 79.4 Å². The lowest BCUT2D eigenvalue weighted by atomic mass is 9.95. The molecule has 17 heteroatoms. The summed E-state index contributed by atoms with van der Waals surface area (Å²) >= 11 is 5.17. The number of nitrogens with zero attached hydrogens (tertiary/aromatic N) is 1. The molecule has 5 atom stereocenters. The molecular weight excluding hydrogens is 853 g/mol. The lowest BCUT2D eigenvalue weighted by Crippen LogP contribution is -2.64. The largest absolute Gasteiger partial charge is 0.478 e. The van der Waals surface area contributed by atoms with Gasteiger partial charge in [-0.2, -0.15) is 0 Å². The molecule has 0 aromatic heterocycles. The standard InChI is InChI=1S/C21H19I3N2O12/c22-12-9(13(23)11(20(33)34)14(24)10(12)19(31)32)5-1-2-6(7(3-5)26(36)37)18(30)25-15-17(29)16(28)8(4-27)38-21(15)35/h1-3,8,15-17,19,21,27-29,31-32,35H,4H2,(H,25,30)(H,33,34). The SMILES string of the molecule is O=C(NC1C(O)OC(CO)C(O)C1O)c1ccc(-c2c(I)c(C(=O)O)c(I)c(C(O)O)c2I)cc1[N+](=O)[O-]. The molecule has 1 aliphatic heterocycles. The van der Waals surface area contributed by atoms with E-state index < -0.39 is 71.6 Å². The number of nitrogens with one attached hydrogen (secondary N) is 1. The predicted molar refractivity (Wildman–Crippen MR) is 152 cm³/mol. The van der Waals surface area contributed by atoms with Crippen molar-refractivity contribution in [3.63, 3.8) is 0 Å². The maximum absolute atomic E-state index is 12.9. The summed E-state index contributed by atoms with van der Waals surface area (Å²) in [5, 5.41) is 83.1. The second-order valence-corrected chi connectivity index (χ2v) is 11.2. The van der Waals surface area contributed by atoms with Gasteiger partial charge in [0.2, 0.25) is 0 Å². The summed E-state index contributed by atoms with van der Waals surface area (Å²) in [6.45, 7) is -0.725. The first kappa shape index (κ1) is 31.2. The number of ether oxygens (including phenoxy) is 1. The van der Waals surface area contributed by atoms with E-state index in [2.05, 4.69) is 5.32 Å². The Hall–Kier alpha value is -1.31. The number of carboxylic acid groups (broad SMARTS) is 1. The van der Waals surface area contributed by atoms with Crippen LogP contribution in [0.2, 0.25) is 0 Å². The molecule has 1 amide bonds. The minimum absolute atomic E-state index is 0.0746. The predicted octanol–water partition coefficient (Wildman–Crippen LogP) is 0.287. The molecule has 0 spiro atoms. The lowest BCUT2D eigenvalue weighted by Gasteiger charge is -2.40. The van der Waals surface area contributed by atoms with Gasteiger partial charge in [-0.25, -0.2) is 4.79 Å². The fourth-order valence-corrected chi connectivity index (χ4v) is 8.67. The number of benzene rings is 2. The normalized spacial score (nSPS) is 23.4. The molecule has 0 radical (unpaired) electrons. The van der Waals surface area contributed by atoms with E-state index in [1.807, 2.05) is 0 Å². The Morgan fingerprint density at radius 2 is 1.71 bits per heavy atom. The Labute approximate surface area is 254 Å². The highest BCUT2D eigenvalue weighted by Crippen LogP contribution is 2.41. The number of amides is 1. The van der Waals surface area contributed by atoms with Crippen molar-refractivity contribution in [3.05, 3.63) is 55.7 Å². The van der Waals surface area contributed by atoms with Crippen molar-refractivity contribution in [2.75, 3.05) is 6.61 Å². The number of aliphatic hydroxyl groups is 6. The van der Waals surface area contributed by atoms with Gasteiger partial charge in [0.05, 0.1) is 17.1 Å². The van der Waals surface area contributed by atoms with Gasteiger partial charge in [-0.3, -0.25) is 14.9 Å². The molecular formula is C21H19I3N2O12. The smallest absolute Gasteiger partial charge is 0.337 e. The molecule has 3 rings (SSSR count). The second kappa shape index (κ2) is 12.5. The van der Waals surface area contributed by atoms with Crippen molar-refractivity contribution in [3.8, 4) is 11.1 Å². The highest BCUT2D eigenvalue weighted by molar-refractivity contribution is 14.1. The highest BCUT2D eigenvalue weighted by atomic mass is 127. The summed E-state index contributed by atoms with van der Waals surface area (Å²) in [5.74, 6) is -2.46. The first-order valence-electron chi connectivity index (χ1n) is 10.4. The van der Waals surface area contributed by atoms with Crippen molar-refractivity contribution in [2.24, 2.45) is 0 Å². The van der Waals surface area contributed by atoms with Gasteiger partial charge in [0, 0.05) is 27.9 Å². The van der Waals surface area contributed by atoms with Crippen LogP contribution in [-0.2, 0) is 4.74 Å². The van der Waals surface area contributed by atoms with E-state index in [9.17, 15) is 55.4 Å². The zero-order valence-corrected chi connectivity index (χ0v) is 25.1. The lowest BCUT2D eigenvalue weighted by molar-refractivity contribution is -0.385. The van der Waals surface area contributed by atoms with Crippen LogP contribution in [0.15, 0.2) is 18.2 Å². The second-order valence-electron chi connectivity index (χ2n) is 8.00. The third-order valence-electron chi connectivity index (χ3n) is 5.75. The van der Waals surface area contributed by atoms with Gasteiger partial charge in [0.1, 0.15) is 29.9 Å². The van der Waals surface area contributed by atoms with Gasteiger partial charge in [-0.15, -0.1) is 0 Å². The maximum atomic E-state index is 12.9. The molecule has 206 valence electrons. The number of carbonyl (C=O) groups excluding carboxylic acids is 1. The molecule has 0 bridgehead atoms. The molecule has 0 saturated carbocycles. The molecule has 2 aromatic carbocycles. The van der Waals surface area contributed by atoms with Crippen LogP contribution in [0.5, 0.6) is 0 Å². The summed E-state index contributed by atoms with van der Waals surface area (Å²) < 4.78 is 5.44. The Kier molecular flexibility index (Phi) is 10.2. The number of carboxylic acids is 1. The summed E-state index contributed by atoms with van der Waals surface area (Å²) in [4.78, 5) is 35.9. The van der Waals surface area contributed by atoms with Crippen LogP contribution in [-0.4, -0.2) is 89.8 Å². The number of nitro groups is 1. The van der Waals surface area contributed by atoms with Crippen LogP contribution in [0.4, 0.5) is 5.69 Å². The number of aromatic carboxylic acids is 1. The molecule has 1 saturated heterocycles. The minimum atomic E-state index is -2.04.